The lowest BCUT2D eigenvalue weighted by Crippen LogP contribution is -2.41. The molecule has 0 aliphatic heterocycles. The van der Waals surface area contributed by atoms with Gasteiger partial charge < -0.3 is 14.5 Å². The van der Waals surface area contributed by atoms with E-state index in [1.807, 2.05) is 13.8 Å². The van der Waals surface area contributed by atoms with Gasteiger partial charge in [-0.2, -0.15) is 0 Å². The van der Waals surface area contributed by atoms with E-state index in [0.717, 1.165) is 0 Å². The number of carbonyl (C=O) groups is 2. The molecule has 0 saturated carbocycles. The zero-order valence-corrected chi connectivity index (χ0v) is 12.4. The smallest absolute Gasteiger partial charge is 0.255 e. The van der Waals surface area contributed by atoms with Crippen LogP contribution in [0, 0.1) is 0 Å². The van der Waals surface area contributed by atoms with Gasteiger partial charge in [0.1, 0.15) is 0 Å². The van der Waals surface area contributed by atoms with E-state index in [9.17, 15) is 9.59 Å². The van der Waals surface area contributed by atoms with Crippen molar-refractivity contribution in [3.8, 4) is 5.88 Å². The molecule has 0 aromatic carbocycles. The summed E-state index contributed by atoms with van der Waals surface area (Å²) in [5.74, 6) is 0.149. The van der Waals surface area contributed by atoms with Crippen LogP contribution in [0.25, 0.3) is 0 Å². The van der Waals surface area contributed by atoms with Crippen molar-refractivity contribution in [1.29, 1.82) is 0 Å². The summed E-state index contributed by atoms with van der Waals surface area (Å²) in [6.45, 7) is 5.17. The van der Waals surface area contributed by atoms with E-state index >= 15 is 0 Å². The Morgan fingerprint density at radius 2 is 1.90 bits per heavy atom. The summed E-state index contributed by atoms with van der Waals surface area (Å²) in [6.07, 6.45) is 1.44. The maximum absolute atomic E-state index is 12.2. The molecule has 1 aromatic rings. The molecule has 0 aliphatic rings. The normalized spacial score (nSPS) is 10.0. The zero-order chi connectivity index (χ0) is 15.1. The van der Waals surface area contributed by atoms with Crippen molar-refractivity contribution in [1.82, 2.24) is 14.8 Å². The maximum atomic E-state index is 12.2. The van der Waals surface area contributed by atoms with Gasteiger partial charge in [-0.1, -0.05) is 0 Å². The number of hydrogen-bond acceptors (Lipinski definition) is 4. The van der Waals surface area contributed by atoms with E-state index in [-0.39, 0.29) is 18.4 Å². The minimum absolute atomic E-state index is 0.0620. The molecule has 2 amide bonds. The van der Waals surface area contributed by atoms with Gasteiger partial charge in [0.15, 0.2) is 0 Å². The Morgan fingerprint density at radius 1 is 1.25 bits per heavy atom. The molecule has 20 heavy (non-hydrogen) atoms. The second kappa shape index (κ2) is 7.47. The molecule has 1 heterocycles. The van der Waals surface area contributed by atoms with Crippen LogP contribution in [0.2, 0.25) is 0 Å². The number of hydrogen-bond donors (Lipinski definition) is 0. The van der Waals surface area contributed by atoms with Crippen LogP contribution < -0.4 is 4.74 Å². The van der Waals surface area contributed by atoms with Crippen molar-refractivity contribution < 1.29 is 14.3 Å². The van der Waals surface area contributed by atoms with Crippen molar-refractivity contribution in [3.63, 3.8) is 0 Å². The van der Waals surface area contributed by atoms with Gasteiger partial charge in [0, 0.05) is 32.4 Å². The third-order valence-electron chi connectivity index (χ3n) is 3.03. The van der Waals surface area contributed by atoms with Crippen LogP contribution in [-0.4, -0.2) is 60.4 Å². The second-order valence-corrected chi connectivity index (χ2v) is 4.32. The fourth-order valence-corrected chi connectivity index (χ4v) is 1.80. The Bertz CT molecular complexity index is 455. The highest BCUT2D eigenvalue weighted by atomic mass is 16.5. The lowest BCUT2D eigenvalue weighted by Gasteiger charge is -2.23. The highest BCUT2D eigenvalue weighted by molar-refractivity contribution is 5.96. The number of nitrogens with zero attached hydrogens (tertiary/aromatic N) is 3. The summed E-state index contributed by atoms with van der Waals surface area (Å²) in [5.41, 5.74) is 0.431. The molecular weight excluding hydrogens is 258 g/mol. The topological polar surface area (TPSA) is 62.7 Å². The molecule has 0 saturated heterocycles. The van der Waals surface area contributed by atoms with E-state index in [2.05, 4.69) is 4.98 Å². The molecule has 0 atom stereocenters. The lowest BCUT2D eigenvalue weighted by molar-refractivity contribution is -0.131. The standard InChI is InChI=1S/C14H21N3O3/c1-5-17(6-2)13(18)10-16(3)14(19)11-7-8-12(20-4)15-9-11/h7-9H,5-6,10H2,1-4H3. The van der Waals surface area contributed by atoms with Crippen LogP contribution in [0.3, 0.4) is 0 Å². The molecular formula is C14H21N3O3. The largest absolute Gasteiger partial charge is 0.481 e. The number of methoxy groups -OCH3 is 1. The average Bonchev–Trinajstić information content (AvgIpc) is 2.47. The molecule has 6 heteroatoms. The molecule has 0 radical (unpaired) electrons. The number of ether oxygens (including phenoxy) is 1. The summed E-state index contributed by atoms with van der Waals surface area (Å²) in [7, 11) is 3.12. The molecule has 1 rings (SSSR count). The first-order valence-electron chi connectivity index (χ1n) is 6.56. The van der Waals surface area contributed by atoms with Gasteiger partial charge in [-0.3, -0.25) is 9.59 Å². The number of aromatic nitrogens is 1. The third-order valence-corrected chi connectivity index (χ3v) is 3.03. The quantitative estimate of drug-likeness (QED) is 0.780. The van der Waals surface area contributed by atoms with Gasteiger partial charge in [-0.25, -0.2) is 4.98 Å². The Balaban J connectivity index is 2.68. The van der Waals surface area contributed by atoms with Gasteiger partial charge in [0.25, 0.3) is 5.91 Å². The Morgan fingerprint density at radius 3 is 2.35 bits per heavy atom. The molecule has 1 aromatic heterocycles. The van der Waals surface area contributed by atoms with Gasteiger partial charge in [0.2, 0.25) is 11.8 Å². The second-order valence-electron chi connectivity index (χ2n) is 4.32. The van der Waals surface area contributed by atoms with Crippen LogP contribution in [-0.2, 0) is 4.79 Å². The van der Waals surface area contributed by atoms with E-state index < -0.39 is 0 Å². The van der Waals surface area contributed by atoms with Crippen molar-refractivity contribution in [3.05, 3.63) is 23.9 Å². The first-order valence-corrected chi connectivity index (χ1v) is 6.56. The van der Waals surface area contributed by atoms with E-state index in [1.165, 1.54) is 18.2 Å². The molecule has 0 fully saturated rings. The van der Waals surface area contributed by atoms with Crippen molar-refractivity contribution >= 4 is 11.8 Å². The monoisotopic (exact) mass is 279 g/mol. The van der Waals surface area contributed by atoms with Crippen LogP contribution in [0.5, 0.6) is 5.88 Å². The number of amides is 2. The first-order chi connectivity index (χ1) is 9.53. The number of pyridine rings is 1. The Hall–Kier alpha value is -2.11. The predicted molar refractivity (Wildman–Crippen MR) is 75.7 cm³/mol. The molecule has 0 bridgehead atoms. The van der Waals surface area contributed by atoms with Crippen LogP contribution >= 0.6 is 0 Å². The van der Waals surface area contributed by atoms with Gasteiger partial charge >= 0.3 is 0 Å². The third kappa shape index (κ3) is 3.94. The van der Waals surface area contributed by atoms with Crippen molar-refractivity contribution in [2.45, 2.75) is 13.8 Å². The Kier molecular flexibility index (Phi) is 5.96. The van der Waals surface area contributed by atoms with Crippen LogP contribution in [0.1, 0.15) is 24.2 Å². The molecule has 6 nitrogen and oxygen atoms in total. The average molecular weight is 279 g/mol. The van der Waals surface area contributed by atoms with Gasteiger partial charge in [-0.15, -0.1) is 0 Å². The Labute approximate surface area is 119 Å². The number of carbonyl (C=O) groups excluding carboxylic acids is 2. The molecule has 110 valence electrons. The summed E-state index contributed by atoms with van der Waals surface area (Å²) in [5, 5.41) is 0. The van der Waals surface area contributed by atoms with Crippen molar-refractivity contribution in [2.24, 2.45) is 0 Å². The lowest BCUT2D eigenvalue weighted by atomic mass is 10.2. The van der Waals surface area contributed by atoms with Crippen LogP contribution in [0.4, 0.5) is 0 Å². The highest BCUT2D eigenvalue weighted by Gasteiger charge is 2.18. The first kappa shape index (κ1) is 15.9. The summed E-state index contributed by atoms with van der Waals surface area (Å²) >= 11 is 0. The van der Waals surface area contributed by atoms with Gasteiger partial charge in [-0.05, 0) is 19.9 Å². The summed E-state index contributed by atoms with van der Waals surface area (Å²) < 4.78 is 4.94. The van der Waals surface area contributed by atoms with E-state index in [4.69, 9.17) is 4.74 Å². The minimum atomic E-state index is -0.236. The number of likely N-dealkylation sites (N-methyl/N-ethyl adjacent to an activating group) is 2. The van der Waals surface area contributed by atoms with Crippen LogP contribution in [0.15, 0.2) is 18.3 Å². The maximum Gasteiger partial charge on any atom is 0.255 e. The predicted octanol–water partition coefficient (Wildman–Crippen LogP) is 1.03. The summed E-state index contributed by atoms with van der Waals surface area (Å²) in [4.78, 5) is 31.2. The number of rotatable bonds is 6. The fourth-order valence-electron chi connectivity index (χ4n) is 1.80. The van der Waals surface area contributed by atoms with Gasteiger partial charge in [0.05, 0.1) is 19.2 Å². The van der Waals surface area contributed by atoms with E-state index in [0.29, 0.717) is 24.5 Å². The molecule has 0 unspecified atom stereocenters. The molecule has 0 N–H and O–H groups in total. The molecule has 0 spiro atoms. The SMILES string of the molecule is CCN(CC)C(=O)CN(C)C(=O)c1ccc(OC)nc1. The van der Waals surface area contributed by atoms with E-state index in [1.54, 1.807) is 24.1 Å². The summed E-state index contributed by atoms with van der Waals surface area (Å²) in [6, 6.07) is 3.25. The zero-order valence-electron chi connectivity index (χ0n) is 12.4. The molecule has 0 aliphatic carbocycles. The highest BCUT2D eigenvalue weighted by Crippen LogP contribution is 2.08. The van der Waals surface area contributed by atoms with Crippen molar-refractivity contribution in [2.75, 3.05) is 33.8 Å². The fraction of sp³-hybridized carbons (Fsp3) is 0.500. The minimum Gasteiger partial charge on any atom is -0.481 e.